The van der Waals surface area contributed by atoms with Gasteiger partial charge in [0.05, 0.1) is 11.6 Å². The minimum atomic E-state index is 0.196. The lowest BCUT2D eigenvalue weighted by atomic mass is 9.93. The first kappa shape index (κ1) is 13.9. The maximum Gasteiger partial charge on any atom is 0.136 e. The second-order valence-electron chi connectivity index (χ2n) is 5.36. The van der Waals surface area contributed by atoms with Crippen LogP contribution in [0, 0.1) is 0 Å². The second-order valence-corrected chi connectivity index (χ2v) is 6.22. The van der Waals surface area contributed by atoms with Gasteiger partial charge in [-0.2, -0.15) is 0 Å². The van der Waals surface area contributed by atoms with Gasteiger partial charge < -0.3 is 10.5 Å². The molecule has 1 saturated carbocycles. The van der Waals surface area contributed by atoms with E-state index in [9.17, 15) is 0 Å². The first-order chi connectivity index (χ1) is 8.61. The van der Waals surface area contributed by atoms with E-state index in [0.29, 0.717) is 5.92 Å². The molecule has 2 rings (SSSR count). The van der Waals surface area contributed by atoms with Crippen LogP contribution < -0.4 is 10.5 Å². The molecule has 0 heterocycles. The first-order valence-corrected chi connectivity index (χ1v) is 7.53. The van der Waals surface area contributed by atoms with Crippen LogP contribution in [0.3, 0.4) is 0 Å². The Balaban J connectivity index is 2.36. The average molecular weight is 312 g/mol. The number of hydrogen-bond acceptors (Lipinski definition) is 2. The molecule has 18 heavy (non-hydrogen) atoms. The fourth-order valence-electron chi connectivity index (χ4n) is 2.92. The Morgan fingerprint density at radius 1 is 1.39 bits per heavy atom. The van der Waals surface area contributed by atoms with Gasteiger partial charge in [-0.25, -0.2) is 0 Å². The van der Waals surface area contributed by atoms with Gasteiger partial charge in [-0.1, -0.05) is 18.9 Å². The van der Waals surface area contributed by atoms with E-state index in [1.165, 1.54) is 36.8 Å². The third-order valence-corrected chi connectivity index (χ3v) is 4.28. The average Bonchev–Trinajstić information content (AvgIpc) is 2.80. The Bertz CT molecular complexity index is 411. The zero-order chi connectivity index (χ0) is 13.1. The van der Waals surface area contributed by atoms with Crippen LogP contribution in [0.4, 0.5) is 0 Å². The molecule has 1 aliphatic carbocycles. The van der Waals surface area contributed by atoms with Gasteiger partial charge in [-0.15, -0.1) is 0 Å². The summed E-state index contributed by atoms with van der Waals surface area (Å²) in [6.07, 6.45) is 6.16. The Kier molecular flexibility index (Phi) is 4.68. The maximum atomic E-state index is 5.90. The minimum Gasteiger partial charge on any atom is -0.495 e. The lowest BCUT2D eigenvalue weighted by Crippen LogP contribution is -2.18. The molecular formula is C15H22BrNO. The highest BCUT2D eigenvalue weighted by Gasteiger charge is 2.22. The molecular weight excluding hydrogens is 290 g/mol. The summed E-state index contributed by atoms with van der Waals surface area (Å²) in [5.74, 6) is 1.67. The van der Waals surface area contributed by atoms with Crippen molar-refractivity contribution in [3.8, 4) is 5.75 Å². The van der Waals surface area contributed by atoms with E-state index in [1.54, 1.807) is 7.11 Å². The molecule has 100 valence electrons. The van der Waals surface area contributed by atoms with Gasteiger partial charge in [0.15, 0.2) is 0 Å². The standard InChI is InChI=1S/C15H22BrNO/c1-10(17)7-11-8-13(12-5-3-4-6-12)15(18-2)14(16)9-11/h8-10,12H,3-7,17H2,1-2H3. The van der Waals surface area contributed by atoms with E-state index in [1.807, 2.05) is 6.92 Å². The van der Waals surface area contributed by atoms with Crippen molar-refractivity contribution < 1.29 is 4.74 Å². The molecule has 0 aliphatic heterocycles. The minimum absolute atomic E-state index is 0.196. The van der Waals surface area contributed by atoms with Crippen molar-refractivity contribution in [2.45, 2.75) is 51.0 Å². The van der Waals surface area contributed by atoms with E-state index in [4.69, 9.17) is 10.5 Å². The zero-order valence-corrected chi connectivity index (χ0v) is 12.8. The van der Waals surface area contributed by atoms with Crippen LogP contribution in [0.25, 0.3) is 0 Å². The molecule has 3 heteroatoms. The predicted molar refractivity (Wildman–Crippen MR) is 79.3 cm³/mol. The molecule has 1 aromatic carbocycles. The highest BCUT2D eigenvalue weighted by molar-refractivity contribution is 9.10. The van der Waals surface area contributed by atoms with E-state index in [-0.39, 0.29) is 6.04 Å². The molecule has 0 aromatic heterocycles. The maximum absolute atomic E-state index is 5.90. The number of methoxy groups -OCH3 is 1. The SMILES string of the molecule is COc1c(Br)cc(CC(C)N)cc1C1CCCC1. The number of ether oxygens (including phenoxy) is 1. The second kappa shape index (κ2) is 6.07. The summed E-state index contributed by atoms with van der Waals surface area (Å²) in [7, 11) is 1.75. The van der Waals surface area contributed by atoms with Gasteiger partial charge in [0.2, 0.25) is 0 Å². The molecule has 0 bridgehead atoms. The van der Waals surface area contributed by atoms with Gasteiger partial charge in [0, 0.05) is 6.04 Å². The van der Waals surface area contributed by atoms with Crippen LogP contribution in [0.15, 0.2) is 16.6 Å². The number of benzene rings is 1. The molecule has 1 fully saturated rings. The first-order valence-electron chi connectivity index (χ1n) is 6.73. The van der Waals surface area contributed by atoms with Crippen molar-refractivity contribution in [3.63, 3.8) is 0 Å². The van der Waals surface area contributed by atoms with Crippen LogP contribution in [-0.4, -0.2) is 13.2 Å². The fourth-order valence-corrected chi connectivity index (χ4v) is 3.60. The molecule has 0 amide bonds. The lowest BCUT2D eigenvalue weighted by molar-refractivity contribution is 0.402. The highest BCUT2D eigenvalue weighted by atomic mass is 79.9. The fraction of sp³-hybridized carbons (Fsp3) is 0.600. The smallest absolute Gasteiger partial charge is 0.136 e. The van der Waals surface area contributed by atoms with Gasteiger partial charge in [0.1, 0.15) is 5.75 Å². The van der Waals surface area contributed by atoms with Gasteiger partial charge in [0.25, 0.3) is 0 Å². The summed E-state index contributed by atoms with van der Waals surface area (Å²) < 4.78 is 6.63. The van der Waals surface area contributed by atoms with Crippen molar-refractivity contribution >= 4 is 15.9 Å². The van der Waals surface area contributed by atoms with Gasteiger partial charge in [-0.3, -0.25) is 0 Å². The summed E-state index contributed by atoms with van der Waals surface area (Å²) in [6, 6.07) is 4.63. The molecule has 2 N–H and O–H groups in total. The molecule has 0 radical (unpaired) electrons. The molecule has 1 atom stereocenters. The topological polar surface area (TPSA) is 35.2 Å². The summed E-state index contributed by atoms with van der Waals surface area (Å²) in [6.45, 7) is 2.05. The zero-order valence-electron chi connectivity index (χ0n) is 11.2. The van der Waals surface area contributed by atoms with Crippen LogP contribution >= 0.6 is 15.9 Å². The molecule has 1 aromatic rings. The van der Waals surface area contributed by atoms with Crippen molar-refractivity contribution in [1.82, 2.24) is 0 Å². The van der Waals surface area contributed by atoms with Crippen LogP contribution in [0.2, 0.25) is 0 Å². The Morgan fingerprint density at radius 2 is 2.06 bits per heavy atom. The molecule has 1 unspecified atom stereocenters. The van der Waals surface area contributed by atoms with Crippen LogP contribution in [-0.2, 0) is 6.42 Å². The van der Waals surface area contributed by atoms with Gasteiger partial charge >= 0.3 is 0 Å². The molecule has 2 nitrogen and oxygen atoms in total. The lowest BCUT2D eigenvalue weighted by Gasteiger charge is -2.18. The molecule has 1 aliphatic rings. The van der Waals surface area contributed by atoms with E-state index in [0.717, 1.165) is 16.6 Å². The quantitative estimate of drug-likeness (QED) is 0.912. The van der Waals surface area contributed by atoms with Crippen molar-refractivity contribution in [1.29, 1.82) is 0 Å². The number of nitrogens with two attached hydrogens (primary N) is 1. The van der Waals surface area contributed by atoms with E-state index in [2.05, 4.69) is 28.1 Å². The van der Waals surface area contributed by atoms with Crippen LogP contribution in [0.5, 0.6) is 5.75 Å². The summed E-state index contributed by atoms with van der Waals surface area (Å²) >= 11 is 3.63. The number of hydrogen-bond donors (Lipinski definition) is 1. The molecule has 0 spiro atoms. The van der Waals surface area contributed by atoms with E-state index < -0.39 is 0 Å². The van der Waals surface area contributed by atoms with Crippen molar-refractivity contribution in [2.24, 2.45) is 5.73 Å². The molecule has 0 saturated heterocycles. The van der Waals surface area contributed by atoms with Crippen LogP contribution in [0.1, 0.15) is 49.7 Å². The number of rotatable bonds is 4. The Hall–Kier alpha value is -0.540. The summed E-state index contributed by atoms with van der Waals surface area (Å²) in [4.78, 5) is 0. The van der Waals surface area contributed by atoms with E-state index >= 15 is 0 Å². The van der Waals surface area contributed by atoms with Crippen molar-refractivity contribution in [3.05, 3.63) is 27.7 Å². The highest BCUT2D eigenvalue weighted by Crippen LogP contribution is 2.42. The Morgan fingerprint density at radius 3 is 2.61 bits per heavy atom. The van der Waals surface area contributed by atoms with Gasteiger partial charge in [-0.05, 0) is 65.2 Å². The normalized spacial score (nSPS) is 18.0. The third kappa shape index (κ3) is 3.07. The summed E-state index contributed by atoms with van der Waals surface area (Å²) in [5, 5.41) is 0. The largest absolute Gasteiger partial charge is 0.495 e. The summed E-state index contributed by atoms with van der Waals surface area (Å²) in [5.41, 5.74) is 8.57. The predicted octanol–water partition coefficient (Wildman–Crippen LogP) is 4.01. The number of halogens is 1. The third-order valence-electron chi connectivity index (χ3n) is 3.69. The van der Waals surface area contributed by atoms with Crippen molar-refractivity contribution in [2.75, 3.05) is 7.11 Å². The Labute approximate surface area is 118 Å². The monoisotopic (exact) mass is 311 g/mol.